The summed E-state index contributed by atoms with van der Waals surface area (Å²) in [6.45, 7) is 7.01. The second kappa shape index (κ2) is 9.20. The highest BCUT2D eigenvalue weighted by Gasteiger charge is 2.51. The molecule has 1 aromatic rings. The SMILES string of the molecule is COCCN1C(=O)C(Cc2ccccc2)NC12CCN(C(=S)NC(C)C)CC2. The molecule has 7 heteroatoms. The Morgan fingerprint density at radius 2 is 2.00 bits per heavy atom. The normalized spacial score (nSPS) is 21.6. The van der Waals surface area contributed by atoms with Gasteiger partial charge in [-0.05, 0) is 38.0 Å². The maximum atomic E-state index is 13.2. The molecule has 0 radical (unpaired) electrons. The number of methoxy groups -OCH3 is 1. The van der Waals surface area contributed by atoms with Crippen LogP contribution in [0.15, 0.2) is 30.3 Å². The van der Waals surface area contributed by atoms with Crippen molar-refractivity contribution in [3.63, 3.8) is 0 Å². The fourth-order valence-electron chi connectivity index (χ4n) is 4.19. The summed E-state index contributed by atoms with van der Waals surface area (Å²) in [5.41, 5.74) is 0.871. The van der Waals surface area contributed by atoms with Crippen molar-refractivity contribution < 1.29 is 9.53 Å². The summed E-state index contributed by atoms with van der Waals surface area (Å²) in [7, 11) is 1.68. The Kier molecular flexibility index (Phi) is 6.91. The summed E-state index contributed by atoms with van der Waals surface area (Å²) in [5, 5.41) is 7.82. The van der Waals surface area contributed by atoms with Crippen LogP contribution < -0.4 is 10.6 Å². The van der Waals surface area contributed by atoms with E-state index in [1.54, 1.807) is 7.11 Å². The van der Waals surface area contributed by atoms with Gasteiger partial charge in [0.2, 0.25) is 5.91 Å². The Bertz CT molecular complexity index is 674. The van der Waals surface area contributed by atoms with E-state index in [1.165, 1.54) is 5.56 Å². The minimum absolute atomic E-state index is 0.178. The van der Waals surface area contributed by atoms with E-state index < -0.39 is 0 Å². The first-order valence-electron chi connectivity index (χ1n) is 10.1. The van der Waals surface area contributed by atoms with Gasteiger partial charge in [0.05, 0.1) is 18.3 Å². The summed E-state index contributed by atoms with van der Waals surface area (Å²) in [5.74, 6) is 0.178. The Labute approximate surface area is 173 Å². The number of likely N-dealkylation sites (tertiary alicyclic amines) is 1. The Hall–Kier alpha value is -1.70. The van der Waals surface area contributed by atoms with Crippen molar-refractivity contribution in [3.8, 4) is 0 Å². The van der Waals surface area contributed by atoms with Gasteiger partial charge in [-0.25, -0.2) is 0 Å². The third kappa shape index (κ3) is 4.64. The number of benzene rings is 1. The van der Waals surface area contributed by atoms with Gasteiger partial charge in [0.15, 0.2) is 5.11 Å². The van der Waals surface area contributed by atoms with Crippen LogP contribution in [0.5, 0.6) is 0 Å². The zero-order valence-electron chi connectivity index (χ0n) is 17.1. The topological polar surface area (TPSA) is 56.8 Å². The van der Waals surface area contributed by atoms with Crippen molar-refractivity contribution in [2.45, 2.75) is 50.9 Å². The lowest BCUT2D eigenvalue weighted by Crippen LogP contribution is -2.61. The number of thiocarbonyl (C=S) groups is 1. The van der Waals surface area contributed by atoms with E-state index in [2.05, 4.69) is 41.5 Å². The van der Waals surface area contributed by atoms with E-state index in [9.17, 15) is 4.79 Å². The van der Waals surface area contributed by atoms with Crippen molar-refractivity contribution in [2.75, 3.05) is 33.4 Å². The fourth-order valence-corrected chi connectivity index (χ4v) is 4.61. The van der Waals surface area contributed by atoms with Gasteiger partial charge >= 0.3 is 0 Å². The molecule has 1 unspecified atom stereocenters. The van der Waals surface area contributed by atoms with Crippen LogP contribution in [0.25, 0.3) is 0 Å². The lowest BCUT2D eigenvalue weighted by Gasteiger charge is -2.45. The van der Waals surface area contributed by atoms with Crippen molar-refractivity contribution in [1.82, 2.24) is 20.4 Å². The lowest BCUT2D eigenvalue weighted by atomic mass is 9.96. The van der Waals surface area contributed by atoms with Crippen molar-refractivity contribution in [1.29, 1.82) is 0 Å². The summed E-state index contributed by atoms with van der Waals surface area (Å²) >= 11 is 5.54. The van der Waals surface area contributed by atoms with Crippen LogP contribution in [0, 0.1) is 0 Å². The van der Waals surface area contributed by atoms with Crippen LogP contribution in [-0.4, -0.2) is 71.9 Å². The van der Waals surface area contributed by atoms with Gasteiger partial charge in [0.1, 0.15) is 0 Å². The van der Waals surface area contributed by atoms with Crippen LogP contribution in [0.4, 0.5) is 0 Å². The lowest BCUT2D eigenvalue weighted by molar-refractivity contribution is -0.134. The second-order valence-electron chi connectivity index (χ2n) is 7.99. The number of carbonyl (C=O) groups is 1. The molecule has 2 fully saturated rings. The maximum absolute atomic E-state index is 13.2. The third-order valence-corrected chi connectivity index (χ3v) is 5.99. The van der Waals surface area contributed by atoms with E-state index in [0.29, 0.717) is 25.6 Å². The number of amides is 1. The molecule has 1 aromatic carbocycles. The third-order valence-electron chi connectivity index (χ3n) is 5.62. The Morgan fingerprint density at radius 1 is 1.32 bits per heavy atom. The molecule has 6 nitrogen and oxygen atoms in total. The zero-order valence-corrected chi connectivity index (χ0v) is 17.9. The molecule has 2 heterocycles. The van der Waals surface area contributed by atoms with Crippen LogP contribution in [0.3, 0.4) is 0 Å². The predicted octanol–water partition coefficient (Wildman–Crippen LogP) is 1.75. The molecule has 1 amide bonds. The largest absolute Gasteiger partial charge is 0.383 e. The number of hydrogen-bond donors (Lipinski definition) is 2. The number of carbonyl (C=O) groups excluding carboxylic acids is 1. The predicted molar refractivity (Wildman–Crippen MR) is 115 cm³/mol. The molecular weight excluding hydrogens is 372 g/mol. The average molecular weight is 405 g/mol. The standard InChI is InChI=1S/C21H32N4O2S/c1-16(2)22-20(28)24-11-9-21(10-12-24)23-18(15-17-7-5-4-6-8-17)19(26)25(21)13-14-27-3/h4-8,16,18,23H,9-15H2,1-3H3,(H,22,28). The molecule has 2 aliphatic heterocycles. The van der Waals surface area contributed by atoms with Gasteiger partial charge in [0.25, 0.3) is 0 Å². The Morgan fingerprint density at radius 3 is 2.61 bits per heavy atom. The molecule has 3 rings (SSSR count). The zero-order chi connectivity index (χ0) is 20.1. The summed E-state index contributed by atoms with van der Waals surface area (Å²) in [4.78, 5) is 17.4. The van der Waals surface area contributed by atoms with E-state index in [-0.39, 0.29) is 17.6 Å². The minimum atomic E-state index is -0.307. The summed E-state index contributed by atoms with van der Waals surface area (Å²) in [6.07, 6.45) is 2.42. The van der Waals surface area contributed by atoms with E-state index in [0.717, 1.165) is 31.0 Å². The first kappa shape index (κ1) is 21.0. The first-order valence-corrected chi connectivity index (χ1v) is 10.5. The van der Waals surface area contributed by atoms with Gasteiger partial charge in [-0.1, -0.05) is 30.3 Å². The average Bonchev–Trinajstić information content (AvgIpc) is 2.91. The molecule has 0 aromatic heterocycles. The molecule has 2 saturated heterocycles. The summed E-state index contributed by atoms with van der Waals surface area (Å²) < 4.78 is 5.28. The highest BCUT2D eigenvalue weighted by atomic mass is 32.1. The minimum Gasteiger partial charge on any atom is -0.383 e. The molecule has 0 saturated carbocycles. The van der Waals surface area contributed by atoms with Crippen molar-refractivity contribution >= 4 is 23.2 Å². The molecule has 2 N–H and O–H groups in total. The number of ether oxygens (including phenoxy) is 1. The number of nitrogens with one attached hydrogen (secondary N) is 2. The quantitative estimate of drug-likeness (QED) is 0.705. The van der Waals surface area contributed by atoms with Gasteiger partial charge in [-0.3, -0.25) is 10.1 Å². The second-order valence-corrected chi connectivity index (χ2v) is 8.38. The molecule has 2 aliphatic rings. The number of piperidine rings is 1. The first-order chi connectivity index (χ1) is 13.4. The maximum Gasteiger partial charge on any atom is 0.241 e. The highest BCUT2D eigenvalue weighted by molar-refractivity contribution is 7.80. The molecule has 1 atom stereocenters. The smallest absolute Gasteiger partial charge is 0.241 e. The monoisotopic (exact) mass is 404 g/mol. The molecule has 0 bridgehead atoms. The fraction of sp³-hybridized carbons (Fsp3) is 0.619. The molecule has 154 valence electrons. The van der Waals surface area contributed by atoms with Gasteiger partial charge < -0.3 is 19.9 Å². The molecule has 0 aliphatic carbocycles. The number of nitrogens with zero attached hydrogens (tertiary/aromatic N) is 2. The van der Waals surface area contributed by atoms with Crippen molar-refractivity contribution in [2.24, 2.45) is 0 Å². The van der Waals surface area contributed by atoms with Gasteiger partial charge in [-0.15, -0.1) is 0 Å². The molecule has 1 spiro atoms. The number of rotatable bonds is 6. The number of hydrogen-bond acceptors (Lipinski definition) is 4. The van der Waals surface area contributed by atoms with Crippen molar-refractivity contribution in [3.05, 3.63) is 35.9 Å². The van der Waals surface area contributed by atoms with Crippen LogP contribution in [0.2, 0.25) is 0 Å². The highest BCUT2D eigenvalue weighted by Crippen LogP contribution is 2.33. The van der Waals surface area contributed by atoms with E-state index >= 15 is 0 Å². The van der Waals surface area contributed by atoms with Gasteiger partial charge in [-0.2, -0.15) is 0 Å². The van der Waals surface area contributed by atoms with Crippen LogP contribution >= 0.6 is 12.2 Å². The summed E-state index contributed by atoms with van der Waals surface area (Å²) in [6, 6.07) is 10.3. The van der Waals surface area contributed by atoms with Crippen LogP contribution in [-0.2, 0) is 16.0 Å². The molecule has 28 heavy (non-hydrogen) atoms. The van der Waals surface area contributed by atoms with Gasteiger partial charge in [0, 0.05) is 45.6 Å². The Balaban J connectivity index is 1.71. The van der Waals surface area contributed by atoms with E-state index in [4.69, 9.17) is 17.0 Å². The van der Waals surface area contributed by atoms with Crippen LogP contribution in [0.1, 0.15) is 32.3 Å². The van der Waals surface area contributed by atoms with E-state index in [1.807, 2.05) is 23.1 Å². The molecular formula is C21H32N4O2S.